The topological polar surface area (TPSA) is 120 Å². The molecule has 1 N–H and O–H groups in total. The van der Waals surface area contributed by atoms with Crippen LogP contribution in [0.3, 0.4) is 0 Å². The highest BCUT2D eigenvalue weighted by atomic mass is 79.9. The molecule has 28 heavy (non-hydrogen) atoms. The molecule has 0 unspecified atom stereocenters. The van der Waals surface area contributed by atoms with E-state index in [1.807, 2.05) is 13.8 Å². The normalized spacial score (nSPS) is 12.9. The van der Waals surface area contributed by atoms with E-state index in [1.54, 1.807) is 10.6 Å². The van der Waals surface area contributed by atoms with Crippen LogP contribution in [0.4, 0.5) is 5.82 Å². The molecule has 3 rings (SSSR count). The molecule has 0 radical (unpaired) electrons. The van der Waals surface area contributed by atoms with Gasteiger partial charge < -0.3 is 5.32 Å². The molecule has 0 amide bonds. The average molecular weight is 467 g/mol. The molecule has 9 nitrogen and oxygen atoms in total. The van der Waals surface area contributed by atoms with E-state index in [1.165, 1.54) is 18.5 Å². The largest absolute Gasteiger partial charge is 0.360 e. The van der Waals surface area contributed by atoms with Crippen molar-refractivity contribution in [3.8, 4) is 0 Å². The first kappa shape index (κ1) is 20.3. The van der Waals surface area contributed by atoms with Gasteiger partial charge in [0.1, 0.15) is 4.60 Å². The zero-order chi connectivity index (χ0) is 20.5. The van der Waals surface area contributed by atoms with Crippen molar-refractivity contribution < 1.29 is 8.42 Å². The lowest BCUT2D eigenvalue weighted by atomic mass is 10.2. The third kappa shape index (κ3) is 4.20. The predicted octanol–water partition coefficient (Wildman–Crippen LogP) is 2.33. The lowest BCUT2D eigenvalue weighted by Crippen LogP contribution is -2.28. The summed E-state index contributed by atoms with van der Waals surface area (Å²) in [6, 6.07) is 2.98. The van der Waals surface area contributed by atoms with Gasteiger partial charge in [-0.2, -0.15) is 0 Å². The van der Waals surface area contributed by atoms with Crippen LogP contribution in [0.5, 0.6) is 0 Å². The minimum absolute atomic E-state index is 0.0886. The monoisotopic (exact) mass is 466 g/mol. The molecule has 3 heterocycles. The Balaban J connectivity index is 1.96. The van der Waals surface area contributed by atoms with Crippen LogP contribution in [0.1, 0.15) is 32.0 Å². The van der Waals surface area contributed by atoms with Gasteiger partial charge in [-0.15, -0.1) is 0 Å². The molecular formula is C17H19BrN6O3S. The number of hydrogen-bond donors (Lipinski definition) is 1. The quantitative estimate of drug-likeness (QED) is 0.587. The molecule has 148 valence electrons. The van der Waals surface area contributed by atoms with Gasteiger partial charge in [0, 0.05) is 18.5 Å². The SMILES string of the molecule is CC[C@H](C)n1c(=O)c(NCc2ccc(S(C)(=O)=O)cn2)nc2ncc(Br)nc21. The lowest BCUT2D eigenvalue weighted by molar-refractivity contribution is 0.526. The van der Waals surface area contributed by atoms with Crippen molar-refractivity contribution in [1.82, 2.24) is 24.5 Å². The molecule has 3 aromatic heterocycles. The van der Waals surface area contributed by atoms with E-state index >= 15 is 0 Å². The summed E-state index contributed by atoms with van der Waals surface area (Å²) in [5.41, 5.74) is 1.04. The molecule has 0 aromatic carbocycles. The van der Waals surface area contributed by atoms with Crippen LogP contribution in [0.2, 0.25) is 0 Å². The van der Waals surface area contributed by atoms with Crippen molar-refractivity contribution >= 4 is 42.9 Å². The van der Waals surface area contributed by atoms with Gasteiger partial charge in [-0.25, -0.2) is 23.4 Å². The van der Waals surface area contributed by atoms with Crippen LogP contribution in [-0.4, -0.2) is 39.2 Å². The van der Waals surface area contributed by atoms with Crippen LogP contribution in [0, 0.1) is 0 Å². The molecular weight excluding hydrogens is 448 g/mol. The van der Waals surface area contributed by atoms with E-state index < -0.39 is 9.84 Å². The Morgan fingerprint density at radius 2 is 1.96 bits per heavy atom. The van der Waals surface area contributed by atoms with Gasteiger partial charge in [0.15, 0.2) is 26.9 Å². The second-order valence-corrected chi connectivity index (χ2v) is 9.17. The number of fused-ring (bicyclic) bond motifs is 1. The van der Waals surface area contributed by atoms with Gasteiger partial charge in [0.05, 0.1) is 23.3 Å². The molecule has 0 spiro atoms. The number of hydrogen-bond acceptors (Lipinski definition) is 8. The average Bonchev–Trinajstić information content (AvgIpc) is 2.65. The molecule has 0 fully saturated rings. The van der Waals surface area contributed by atoms with Crippen LogP contribution in [0.25, 0.3) is 11.3 Å². The molecule has 0 aliphatic heterocycles. The Kier molecular flexibility index (Phi) is 5.75. The summed E-state index contributed by atoms with van der Waals surface area (Å²) in [5, 5.41) is 2.98. The fourth-order valence-electron chi connectivity index (χ4n) is 2.57. The van der Waals surface area contributed by atoms with E-state index in [0.717, 1.165) is 12.7 Å². The van der Waals surface area contributed by atoms with E-state index in [9.17, 15) is 13.2 Å². The summed E-state index contributed by atoms with van der Waals surface area (Å²) in [6.45, 7) is 4.12. The Morgan fingerprint density at radius 1 is 1.21 bits per heavy atom. The van der Waals surface area contributed by atoms with E-state index in [4.69, 9.17) is 0 Å². The highest BCUT2D eigenvalue weighted by molar-refractivity contribution is 9.10. The molecule has 1 atom stereocenters. The van der Waals surface area contributed by atoms with Crippen LogP contribution < -0.4 is 10.9 Å². The van der Waals surface area contributed by atoms with E-state index in [-0.39, 0.29) is 28.9 Å². The highest BCUT2D eigenvalue weighted by Crippen LogP contribution is 2.18. The maximum atomic E-state index is 13.0. The second kappa shape index (κ2) is 7.92. The summed E-state index contributed by atoms with van der Waals surface area (Å²) in [5.74, 6) is 0.137. The summed E-state index contributed by atoms with van der Waals surface area (Å²) < 4.78 is 25.1. The van der Waals surface area contributed by atoms with Gasteiger partial charge >= 0.3 is 0 Å². The molecule has 0 saturated carbocycles. The third-order valence-electron chi connectivity index (χ3n) is 4.27. The van der Waals surface area contributed by atoms with Crippen molar-refractivity contribution in [3.05, 3.63) is 45.2 Å². The standard InChI is InChI=1S/C17H19BrN6O3S/c1-4-10(2)24-16-14(21-9-13(18)22-16)23-15(17(24)25)20-7-11-5-6-12(8-19-11)28(3,26)27/h5-6,8-10H,4,7H2,1-3H3,(H,20,21,23)/t10-/m0/s1. The second-order valence-electron chi connectivity index (χ2n) is 6.34. The summed E-state index contributed by atoms with van der Waals surface area (Å²) >= 11 is 3.28. The zero-order valence-electron chi connectivity index (χ0n) is 15.5. The minimum atomic E-state index is -3.31. The Bertz CT molecular complexity index is 1180. The summed E-state index contributed by atoms with van der Waals surface area (Å²) in [7, 11) is -3.31. The van der Waals surface area contributed by atoms with Gasteiger partial charge in [0.2, 0.25) is 0 Å². The molecule has 0 aliphatic rings. The summed E-state index contributed by atoms with van der Waals surface area (Å²) in [4.78, 5) is 30.1. The molecule has 0 bridgehead atoms. The van der Waals surface area contributed by atoms with Crippen molar-refractivity contribution in [2.45, 2.75) is 37.8 Å². The van der Waals surface area contributed by atoms with Gasteiger partial charge in [-0.3, -0.25) is 14.3 Å². The fourth-order valence-corrected chi connectivity index (χ4v) is 3.40. The van der Waals surface area contributed by atoms with Crippen LogP contribution in [0.15, 0.2) is 38.8 Å². The van der Waals surface area contributed by atoms with Crippen LogP contribution >= 0.6 is 15.9 Å². The Labute approximate surface area is 170 Å². The van der Waals surface area contributed by atoms with Crippen molar-refractivity contribution in [1.29, 1.82) is 0 Å². The smallest absolute Gasteiger partial charge is 0.295 e. The molecule has 11 heteroatoms. The van der Waals surface area contributed by atoms with Gasteiger partial charge in [0.25, 0.3) is 5.56 Å². The third-order valence-corrected chi connectivity index (χ3v) is 5.75. The number of pyridine rings is 1. The minimum Gasteiger partial charge on any atom is -0.360 e. The van der Waals surface area contributed by atoms with Crippen molar-refractivity contribution in [2.75, 3.05) is 11.6 Å². The maximum absolute atomic E-state index is 13.0. The number of sulfone groups is 1. The highest BCUT2D eigenvalue weighted by Gasteiger charge is 2.17. The number of anilines is 1. The lowest BCUT2D eigenvalue weighted by Gasteiger charge is -2.16. The number of nitrogens with one attached hydrogen (secondary N) is 1. The first-order valence-corrected chi connectivity index (χ1v) is 11.2. The maximum Gasteiger partial charge on any atom is 0.295 e. The fraction of sp³-hybridized carbons (Fsp3) is 0.353. The van der Waals surface area contributed by atoms with Gasteiger partial charge in [-0.1, -0.05) is 6.92 Å². The van der Waals surface area contributed by atoms with Crippen LogP contribution in [-0.2, 0) is 16.4 Å². The number of nitrogens with zero attached hydrogens (tertiary/aromatic N) is 5. The molecule has 0 aliphatic carbocycles. The number of halogens is 1. The van der Waals surface area contributed by atoms with E-state index in [0.29, 0.717) is 21.6 Å². The Hall–Kier alpha value is -2.40. The predicted molar refractivity (Wildman–Crippen MR) is 109 cm³/mol. The zero-order valence-corrected chi connectivity index (χ0v) is 18.0. The molecule has 3 aromatic rings. The molecule has 0 saturated heterocycles. The van der Waals surface area contributed by atoms with Crippen molar-refractivity contribution in [2.24, 2.45) is 0 Å². The number of rotatable bonds is 6. The first-order valence-electron chi connectivity index (χ1n) is 8.54. The summed E-state index contributed by atoms with van der Waals surface area (Å²) in [6.07, 6.45) is 4.68. The van der Waals surface area contributed by atoms with Gasteiger partial charge in [-0.05, 0) is 41.4 Å². The van der Waals surface area contributed by atoms with Crippen molar-refractivity contribution in [3.63, 3.8) is 0 Å². The Morgan fingerprint density at radius 3 is 2.57 bits per heavy atom. The first-order chi connectivity index (χ1) is 13.2. The van der Waals surface area contributed by atoms with E-state index in [2.05, 4.69) is 41.2 Å². The number of aromatic nitrogens is 5.